The van der Waals surface area contributed by atoms with Crippen molar-refractivity contribution in [2.24, 2.45) is 0 Å². The first-order chi connectivity index (χ1) is 13.9. The smallest absolute Gasteiger partial charge is 0.143 e. The predicted molar refractivity (Wildman–Crippen MR) is 113 cm³/mol. The molecule has 0 bridgehead atoms. The van der Waals surface area contributed by atoms with Gasteiger partial charge in [-0.15, -0.1) is 0 Å². The lowest BCUT2D eigenvalue weighted by atomic mass is 9.94. The molecule has 4 heterocycles. The van der Waals surface area contributed by atoms with E-state index in [2.05, 4.69) is 61.5 Å². The third-order valence-electron chi connectivity index (χ3n) is 5.68. The monoisotopic (exact) mass is 368 g/mol. The summed E-state index contributed by atoms with van der Waals surface area (Å²) in [4.78, 5) is 4.46. The van der Waals surface area contributed by atoms with Gasteiger partial charge >= 0.3 is 0 Å². The molecule has 0 saturated carbocycles. The fraction of sp³-hybridized carbons (Fsp3) is 0.182. The normalized spacial score (nSPS) is 15.4. The van der Waals surface area contributed by atoms with Crippen molar-refractivity contribution in [2.75, 3.05) is 22.5 Å². The number of benzene rings is 2. The Kier molecular flexibility index (Phi) is 3.32. The van der Waals surface area contributed by atoms with Gasteiger partial charge in [0, 0.05) is 23.7 Å². The highest BCUT2D eigenvalue weighted by atomic mass is 15.2. The van der Waals surface area contributed by atoms with Gasteiger partial charge in [0.15, 0.2) is 0 Å². The number of anilines is 3. The third kappa shape index (κ3) is 2.34. The number of aromatic amines is 1. The van der Waals surface area contributed by atoms with Crippen molar-refractivity contribution < 1.29 is 0 Å². The van der Waals surface area contributed by atoms with Crippen LogP contribution < -0.4 is 16.0 Å². The van der Waals surface area contributed by atoms with E-state index < -0.39 is 0 Å². The molecule has 0 spiro atoms. The number of hydrogen-bond acceptors (Lipinski definition) is 5. The number of H-pyrrole nitrogens is 1. The Morgan fingerprint density at radius 2 is 1.79 bits per heavy atom. The number of aromatic nitrogens is 3. The summed E-state index contributed by atoms with van der Waals surface area (Å²) in [5.74, 6) is 0. The Balaban J connectivity index is 1.44. The number of hydrogen-bond donors (Lipinski definition) is 4. The maximum absolute atomic E-state index is 4.60. The fourth-order valence-corrected chi connectivity index (χ4v) is 4.29. The number of rotatable bonds is 2. The van der Waals surface area contributed by atoms with Gasteiger partial charge in [0.1, 0.15) is 11.9 Å². The molecule has 2 aromatic heterocycles. The largest absolute Gasteiger partial charge is 0.384 e. The van der Waals surface area contributed by atoms with E-state index in [-0.39, 0.29) is 6.17 Å². The first kappa shape index (κ1) is 15.5. The maximum Gasteiger partial charge on any atom is 0.143 e. The minimum atomic E-state index is -0.0501. The summed E-state index contributed by atoms with van der Waals surface area (Å²) in [5.41, 5.74) is 9.12. The van der Waals surface area contributed by atoms with Crippen molar-refractivity contribution >= 4 is 28.0 Å². The summed E-state index contributed by atoms with van der Waals surface area (Å²) in [5, 5.41) is 19.4. The van der Waals surface area contributed by atoms with E-state index in [4.69, 9.17) is 0 Å². The van der Waals surface area contributed by atoms with E-state index in [1.54, 1.807) is 0 Å². The van der Waals surface area contributed by atoms with Crippen LogP contribution in [0.3, 0.4) is 0 Å². The van der Waals surface area contributed by atoms with Crippen molar-refractivity contribution in [1.82, 2.24) is 15.2 Å². The second kappa shape index (κ2) is 5.99. The molecule has 28 heavy (non-hydrogen) atoms. The van der Waals surface area contributed by atoms with Gasteiger partial charge in [-0.2, -0.15) is 5.10 Å². The van der Waals surface area contributed by atoms with Crippen molar-refractivity contribution in [3.05, 3.63) is 66.1 Å². The second-order valence-corrected chi connectivity index (χ2v) is 7.38. The van der Waals surface area contributed by atoms with Gasteiger partial charge < -0.3 is 16.0 Å². The summed E-state index contributed by atoms with van der Waals surface area (Å²) in [7, 11) is 0. The average molecular weight is 368 g/mol. The third-order valence-corrected chi connectivity index (χ3v) is 5.68. The Hall–Kier alpha value is -3.54. The first-order valence-electron chi connectivity index (χ1n) is 9.68. The van der Waals surface area contributed by atoms with Crippen LogP contribution in [0.15, 0.2) is 54.9 Å². The number of nitrogens with zero attached hydrogens (tertiary/aromatic N) is 2. The highest BCUT2D eigenvalue weighted by molar-refractivity contribution is 5.89. The zero-order valence-electron chi connectivity index (χ0n) is 15.3. The van der Waals surface area contributed by atoms with Crippen LogP contribution in [0.25, 0.3) is 22.0 Å². The summed E-state index contributed by atoms with van der Waals surface area (Å²) >= 11 is 0. The van der Waals surface area contributed by atoms with Gasteiger partial charge in [-0.25, -0.2) is 0 Å². The molecule has 138 valence electrons. The van der Waals surface area contributed by atoms with Crippen LogP contribution in [0.4, 0.5) is 17.1 Å². The molecule has 0 aliphatic carbocycles. The molecule has 2 aliphatic heterocycles. The molecule has 6 nitrogen and oxygen atoms in total. The predicted octanol–water partition coefficient (Wildman–Crippen LogP) is 4.52. The standard InChI is InChI=1S/C22H20N6/c1-2-6-19-18(5-1)25-22(26-19)21-15-10-13(7-8-17(15)27-28-21)16-11-23-12-20-14(16)4-3-9-24-20/h1-2,5-8,10-12,22,24-26H,3-4,9H2,(H,27,28). The molecule has 2 aliphatic rings. The Morgan fingerprint density at radius 3 is 2.64 bits per heavy atom. The molecule has 4 aromatic rings. The lowest BCUT2D eigenvalue weighted by Gasteiger charge is -2.20. The van der Waals surface area contributed by atoms with Crippen molar-refractivity contribution in [3.63, 3.8) is 0 Å². The molecular weight excluding hydrogens is 348 g/mol. The van der Waals surface area contributed by atoms with Crippen LogP contribution in [-0.4, -0.2) is 21.7 Å². The van der Waals surface area contributed by atoms with E-state index >= 15 is 0 Å². The number of fused-ring (bicyclic) bond motifs is 3. The number of pyridine rings is 1. The highest BCUT2D eigenvalue weighted by Crippen LogP contribution is 2.38. The van der Waals surface area contributed by atoms with Gasteiger partial charge in [0.2, 0.25) is 0 Å². The van der Waals surface area contributed by atoms with Crippen molar-refractivity contribution in [1.29, 1.82) is 0 Å². The van der Waals surface area contributed by atoms with Crippen LogP contribution in [0.5, 0.6) is 0 Å². The molecule has 0 atom stereocenters. The summed E-state index contributed by atoms with van der Waals surface area (Å²) in [6, 6.07) is 14.7. The van der Waals surface area contributed by atoms with Crippen LogP contribution >= 0.6 is 0 Å². The van der Waals surface area contributed by atoms with Crippen LogP contribution in [0.1, 0.15) is 23.8 Å². The summed E-state index contributed by atoms with van der Waals surface area (Å²) < 4.78 is 0. The van der Waals surface area contributed by atoms with Crippen molar-refractivity contribution in [3.8, 4) is 11.1 Å². The van der Waals surface area contributed by atoms with Gasteiger partial charge in [-0.05, 0) is 48.2 Å². The minimum Gasteiger partial charge on any atom is -0.384 e. The van der Waals surface area contributed by atoms with E-state index in [0.717, 1.165) is 53.0 Å². The minimum absolute atomic E-state index is 0.0501. The SMILES string of the molecule is c1ccc2c(c1)NC(c1n[nH]c3ccc(-c4cncc5c4CCCN5)cc13)N2. The highest BCUT2D eigenvalue weighted by Gasteiger charge is 2.25. The summed E-state index contributed by atoms with van der Waals surface area (Å²) in [6.07, 6.45) is 6.10. The van der Waals surface area contributed by atoms with E-state index in [0.29, 0.717) is 0 Å². The fourth-order valence-electron chi connectivity index (χ4n) is 4.29. The quantitative estimate of drug-likeness (QED) is 0.418. The van der Waals surface area contributed by atoms with Gasteiger partial charge in [-0.1, -0.05) is 18.2 Å². The Bertz CT molecular complexity index is 1170. The zero-order valence-corrected chi connectivity index (χ0v) is 15.3. The van der Waals surface area contributed by atoms with Crippen LogP contribution in [0.2, 0.25) is 0 Å². The second-order valence-electron chi connectivity index (χ2n) is 7.38. The molecular formula is C22H20N6. The molecule has 0 radical (unpaired) electrons. The topological polar surface area (TPSA) is 77.7 Å². The average Bonchev–Trinajstić information content (AvgIpc) is 3.36. The molecule has 4 N–H and O–H groups in total. The van der Waals surface area contributed by atoms with E-state index in [1.165, 1.54) is 16.7 Å². The van der Waals surface area contributed by atoms with Crippen molar-refractivity contribution in [2.45, 2.75) is 19.0 Å². The van der Waals surface area contributed by atoms with Crippen LogP contribution in [0, 0.1) is 0 Å². The Labute approximate surface area is 162 Å². The van der Waals surface area contributed by atoms with E-state index in [1.807, 2.05) is 24.5 Å². The van der Waals surface area contributed by atoms with Gasteiger partial charge in [-0.3, -0.25) is 10.1 Å². The maximum atomic E-state index is 4.60. The lowest BCUT2D eigenvalue weighted by Crippen LogP contribution is -2.13. The first-order valence-corrected chi connectivity index (χ1v) is 9.68. The molecule has 6 heteroatoms. The molecule has 0 fully saturated rings. The molecule has 0 unspecified atom stereocenters. The molecule has 2 aromatic carbocycles. The zero-order chi connectivity index (χ0) is 18.5. The molecule has 0 amide bonds. The molecule has 6 rings (SSSR count). The van der Waals surface area contributed by atoms with Gasteiger partial charge in [0.05, 0.1) is 28.8 Å². The Morgan fingerprint density at radius 1 is 0.929 bits per heavy atom. The lowest BCUT2D eigenvalue weighted by molar-refractivity contribution is 0.828. The molecule has 0 saturated heterocycles. The van der Waals surface area contributed by atoms with Crippen LogP contribution in [-0.2, 0) is 6.42 Å². The summed E-state index contributed by atoms with van der Waals surface area (Å²) in [6.45, 7) is 1.02. The number of nitrogens with one attached hydrogen (secondary N) is 4. The number of para-hydroxylation sites is 2. The van der Waals surface area contributed by atoms with E-state index in [9.17, 15) is 0 Å². The van der Waals surface area contributed by atoms with Gasteiger partial charge in [0.25, 0.3) is 0 Å².